The normalized spacial score (nSPS) is 11.2. The summed E-state index contributed by atoms with van der Waals surface area (Å²) in [5.74, 6) is 0.486. The second-order valence-corrected chi connectivity index (χ2v) is 5.22. The van der Waals surface area contributed by atoms with Crippen molar-refractivity contribution in [2.75, 3.05) is 0 Å². The molecule has 1 nitrogen and oxygen atoms in total. The van der Waals surface area contributed by atoms with Crippen molar-refractivity contribution in [3.05, 3.63) is 12.2 Å². The Balaban J connectivity index is 3.15. The summed E-state index contributed by atoms with van der Waals surface area (Å²) in [6.07, 6.45) is 18.3. The van der Waals surface area contributed by atoms with Crippen molar-refractivity contribution in [3.63, 3.8) is 0 Å². The predicted molar refractivity (Wildman–Crippen MR) is 80.9 cm³/mol. The highest BCUT2D eigenvalue weighted by molar-refractivity contribution is 5.78. The minimum absolute atomic E-state index is 0.486. The lowest BCUT2D eigenvalue weighted by molar-refractivity contribution is -0.119. The molecule has 0 amide bonds. The molecule has 106 valence electrons. The summed E-state index contributed by atoms with van der Waals surface area (Å²) in [5, 5.41) is 0. The average Bonchev–Trinajstić information content (AvgIpc) is 2.38. The fourth-order valence-electron chi connectivity index (χ4n) is 2.16. The van der Waals surface area contributed by atoms with Gasteiger partial charge >= 0.3 is 0 Å². The predicted octanol–water partition coefficient (Wildman–Crippen LogP) is 5.83. The van der Waals surface area contributed by atoms with E-state index >= 15 is 0 Å². The van der Waals surface area contributed by atoms with Gasteiger partial charge in [0, 0.05) is 12.8 Å². The zero-order valence-electron chi connectivity index (χ0n) is 12.5. The molecule has 0 aliphatic rings. The molecule has 0 aliphatic carbocycles. The fourth-order valence-corrected chi connectivity index (χ4v) is 2.16. The van der Waals surface area contributed by atoms with Crippen LogP contribution >= 0.6 is 0 Å². The van der Waals surface area contributed by atoms with Crippen LogP contribution in [0.5, 0.6) is 0 Å². The Kier molecular flexibility index (Phi) is 14.0. The molecule has 0 bridgehead atoms. The van der Waals surface area contributed by atoms with Crippen LogP contribution in [0, 0.1) is 0 Å². The lowest BCUT2D eigenvalue weighted by atomic mass is 10.0. The Bertz CT molecular complexity index is 206. The largest absolute Gasteiger partial charge is 0.300 e. The third kappa shape index (κ3) is 13.5. The van der Waals surface area contributed by atoms with E-state index < -0.39 is 0 Å². The first-order chi connectivity index (χ1) is 8.81. The number of rotatable bonds is 13. The summed E-state index contributed by atoms with van der Waals surface area (Å²) >= 11 is 0. The number of carbonyl (C=O) groups is 1. The summed E-state index contributed by atoms with van der Waals surface area (Å²) in [4.78, 5) is 11.6. The van der Waals surface area contributed by atoms with Crippen LogP contribution in [0.3, 0.4) is 0 Å². The van der Waals surface area contributed by atoms with E-state index in [0.29, 0.717) is 5.78 Å². The molecule has 0 aromatic rings. The smallest absolute Gasteiger partial charge is 0.132 e. The Morgan fingerprint density at radius 1 is 0.833 bits per heavy atom. The number of unbranched alkanes of at least 4 members (excludes halogenated alkanes) is 8. The summed E-state index contributed by atoms with van der Waals surface area (Å²) < 4.78 is 0. The number of Topliss-reactive ketones (excluding diaryl/α,β-unsaturated/α-hetero) is 1. The summed E-state index contributed by atoms with van der Waals surface area (Å²) in [6.45, 7) is 4.28. The Morgan fingerprint density at radius 3 is 2.00 bits per heavy atom. The maximum absolute atomic E-state index is 11.6. The molecule has 0 rings (SSSR count). The molecular weight excluding hydrogens is 220 g/mol. The highest BCUT2D eigenvalue weighted by atomic mass is 16.1. The third-order valence-electron chi connectivity index (χ3n) is 3.37. The Labute approximate surface area is 114 Å². The van der Waals surface area contributed by atoms with Crippen molar-refractivity contribution in [2.45, 2.75) is 90.9 Å². The first-order valence-electron chi connectivity index (χ1n) is 7.94. The van der Waals surface area contributed by atoms with Crippen LogP contribution in [-0.4, -0.2) is 5.78 Å². The van der Waals surface area contributed by atoms with Gasteiger partial charge in [-0.15, -0.1) is 0 Å². The molecule has 0 fully saturated rings. The summed E-state index contributed by atoms with van der Waals surface area (Å²) in [7, 11) is 0. The molecule has 0 aliphatic heterocycles. The topological polar surface area (TPSA) is 17.1 Å². The second kappa shape index (κ2) is 14.5. The minimum Gasteiger partial charge on any atom is -0.300 e. The van der Waals surface area contributed by atoms with Gasteiger partial charge in [0.15, 0.2) is 0 Å². The standard InChI is InChI=1S/C17H32O/c1-3-5-7-9-10-11-12-14-16-17(18)15-13-8-6-4-2/h3,5H,4,6-16H2,1-2H3. The van der Waals surface area contributed by atoms with Crippen LogP contribution in [0.15, 0.2) is 12.2 Å². The van der Waals surface area contributed by atoms with Crippen molar-refractivity contribution < 1.29 is 4.79 Å². The highest BCUT2D eigenvalue weighted by Crippen LogP contribution is 2.10. The fraction of sp³-hybridized carbons (Fsp3) is 0.824. The molecule has 0 unspecified atom stereocenters. The van der Waals surface area contributed by atoms with Gasteiger partial charge in [-0.2, -0.15) is 0 Å². The van der Waals surface area contributed by atoms with Crippen LogP contribution in [-0.2, 0) is 4.79 Å². The molecule has 0 saturated carbocycles. The number of ketones is 1. The lowest BCUT2D eigenvalue weighted by Crippen LogP contribution is -1.97. The molecule has 0 saturated heterocycles. The Morgan fingerprint density at radius 2 is 1.39 bits per heavy atom. The first kappa shape index (κ1) is 17.4. The van der Waals surface area contributed by atoms with Crippen molar-refractivity contribution in [1.29, 1.82) is 0 Å². The SMILES string of the molecule is CC=CCCCCCCCC(=O)CCCCCC. The highest BCUT2D eigenvalue weighted by Gasteiger charge is 2.01. The number of carbonyl (C=O) groups excluding carboxylic acids is 1. The van der Waals surface area contributed by atoms with Crippen molar-refractivity contribution in [2.24, 2.45) is 0 Å². The number of allylic oxidation sites excluding steroid dienone is 2. The van der Waals surface area contributed by atoms with E-state index in [4.69, 9.17) is 0 Å². The van der Waals surface area contributed by atoms with Gasteiger partial charge < -0.3 is 0 Å². The van der Waals surface area contributed by atoms with Crippen LogP contribution < -0.4 is 0 Å². The van der Waals surface area contributed by atoms with E-state index in [1.165, 1.54) is 51.4 Å². The molecule has 1 heteroatoms. The zero-order valence-corrected chi connectivity index (χ0v) is 12.5. The van der Waals surface area contributed by atoms with Crippen molar-refractivity contribution in [1.82, 2.24) is 0 Å². The molecule has 0 atom stereocenters. The molecule has 0 heterocycles. The second-order valence-electron chi connectivity index (χ2n) is 5.22. The number of hydrogen-bond acceptors (Lipinski definition) is 1. The van der Waals surface area contributed by atoms with Gasteiger partial charge in [-0.05, 0) is 32.6 Å². The lowest BCUT2D eigenvalue weighted by Gasteiger charge is -2.01. The number of hydrogen-bond donors (Lipinski definition) is 0. The monoisotopic (exact) mass is 252 g/mol. The van der Waals surface area contributed by atoms with Crippen LogP contribution in [0.2, 0.25) is 0 Å². The average molecular weight is 252 g/mol. The van der Waals surface area contributed by atoms with Crippen LogP contribution in [0.4, 0.5) is 0 Å². The molecule has 0 radical (unpaired) electrons. The van der Waals surface area contributed by atoms with Gasteiger partial charge in [0.25, 0.3) is 0 Å². The van der Waals surface area contributed by atoms with Gasteiger partial charge in [-0.25, -0.2) is 0 Å². The molecule has 0 N–H and O–H groups in total. The van der Waals surface area contributed by atoms with Gasteiger partial charge in [-0.1, -0.05) is 57.6 Å². The van der Waals surface area contributed by atoms with E-state index in [0.717, 1.165) is 25.7 Å². The van der Waals surface area contributed by atoms with Gasteiger partial charge in [-0.3, -0.25) is 4.79 Å². The van der Waals surface area contributed by atoms with Gasteiger partial charge in [0.1, 0.15) is 5.78 Å². The molecule has 0 aromatic heterocycles. The Hall–Kier alpha value is -0.590. The quantitative estimate of drug-likeness (QED) is 0.297. The van der Waals surface area contributed by atoms with Crippen LogP contribution in [0.1, 0.15) is 90.9 Å². The first-order valence-corrected chi connectivity index (χ1v) is 7.94. The maximum Gasteiger partial charge on any atom is 0.132 e. The minimum atomic E-state index is 0.486. The van der Waals surface area contributed by atoms with E-state index in [9.17, 15) is 4.79 Å². The molecule has 0 aromatic carbocycles. The van der Waals surface area contributed by atoms with E-state index in [-0.39, 0.29) is 0 Å². The molecular formula is C17H32O. The van der Waals surface area contributed by atoms with Gasteiger partial charge in [0.2, 0.25) is 0 Å². The maximum atomic E-state index is 11.6. The third-order valence-corrected chi connectivity index (χ3v) is 3.37. The van der Waals surface area contributed by atoms with Crippen molar-refractivity contribution >= 4 is 5.78 Å². The van der Waals surface area contributed by atoms with Gasteiger partial charge in [0.05, 0.1) is 0 Å². The molecule has 0 spiro atoms. The van der Waals surface area contributed by atoms with E-state index in [1.54, 1.807) is 0 Å². The van der Waals surface area contributed by atoms with Crippen LogP contribution in [0.25, 0.3) is 0 Å². The summed E-state index contributed by atoms with van der Waals surface area (Å²) in [5.41, 5.74) is 0. The molecule has 18 heavy (non-hydrogen) atoms. The van der Waals surface area contributed by atoms with E-state index in [1.807, 2.05) is 0 Å². The zero-order chi connectivity index (χ0) is 13.5. The van der Waals surface area contributed by atoms with E-state index in [2.05, 4.69) is 26.0 Å². The van der Waals surface area contributed by atoms with Crippen molar-refractivity contribution in [3.8, 4) is 0 Å². The summed E-state index contributed by atoms with van der Waals surface area (Å²) in [6, 6.07) is 0.